The number of aryl methyl sites for hydroxylation is 1. The van der Waals surface area contributed by atoms with Crippen molar-refractivity contribution in [2.45, 2.75) is 38.8 Å². The number of rotatable bonds is 11. The Morgan fingerprint density at radius 3 is 2.41 bits per heavy atom. The molecular weight excluding hydrogens is 388 g/mol. The van der Waals surface area contributed by atoms with E-state index in [2.05, 4.69) is 5.32 Å². The minimum atomic E-state index is -0.573. The second kappa shape index (κ2) is 12.2. The van der Waals surface area contributed by atoms with E-state index in [4.69, 9.17) is 16.3 Å². The maximum absolute atomic E-state index is 13.0. The average Bonchev–Trinajstić information content (AvgIpc) is 2.74. The average molecular weight is 417 g/mol. The molecule has 0 saturated heterocycles. The Morgan fingerprint density at radius 2 is 1.76 bits per heavy atom. The Bertz CT molecular complexity index is 765. The van der Waals surface area contributed by atoms with Gasteiger partial charge in [-0.2, -0.15) is 0 Å². The number of carbonyl (C=O) groups excluding carboxylic acids is 2. The number of methoxy groups -OCH3 is 1. The highest BCUT2D eigenvalue weighted by Crippen LogP contribution is 2.15. The van der Waals surface area contributed by atoms with E-state index in [0.717, 1.165) is 17.5 Å². The van der Waals surface area contributed by atoms with Crippen LogP contribution in [0, 0.1) is 0 Å². The smallest absolute Gasteiger partial charge is 0.242 e. The lowest BCUT2D eigenvalue weighted by atomic mass is 10.1. The lowest BCUT2D eigenvalue weighted by Crippen LogP contribution is -2.48. The molecule has 0 aliphatic carbocycles. The van der Waals surface area contributed by atoms with E-state index in [-0.39, 0.29) is 11.8 Å². The zero-order valence-corrected chi connectivity index (χ0v) is 17.8. The van der Waals surface area contributed by atoms with Crippen molar-refractivity contribution in [1.29, 1.82) is 0 Å². The third-order valence-electron chi connectivity index (χ3n) is 4.73. The van der Waals surface area contributed by atoms with Crippen LogP contribution in [0.3, 0.4) is 0 Å². The minimum Gasteiger partial charge on any atom is -0.385 e. The molecule has 0 aliphatic heterocycles. The normalized spacial score (nSPS) is 11.7. The van der Waals surface area contributed by atoms with Crippen molar-refractivity contribution >= 4 is 23.4 Å². The highest BCUT2D eigenvalue weighted by molar-refractivity contribution is 6.30. The molecule has 0 bridgehead atoms. The standard InChI is InChI=1S/C23H29ClN2O3/c1-18(23(28)25-15-6-16-29-2)26(17-20-9-12-21(24)13-10-20)22(27)14-11-19-7-4-3-5-8-19/h3-5,7-10,12-13,18H,6,11,14-17H2,1-2H3,(H,25,28)/t18-/m0/s1. The number of halogens is 1. The van der Waals surface area contributed by atoms with Gasteiger partial charge in [0.2, 0.25) is 11.8 Å². The third kappa shape index (κ3) is 7.87. The molecule has 0 heterocycles. The van der Waals surface area contributed by atoms with Crippen LogP contribution in [0.5, 0.6) is 0 Å². The molecule has 29 heavy (non-hydrogen) atoms. The van der Waals surface area contributed by atoms with Gasteiger partial charge in [-0.1, -0.05) is 54.1 Å². The Balaban J connectivity index is 2.05. The Morgan fingerprint density at radius 1 is 1.07 bits per heavy atom. The molecule has 0 saturated carbocycles. The molecule has 2 aromatic rings. The van der Waals surface area contributed by atoms with E-state index in [1.54, 1.807) is 31.1 Å². The summed E-state index contributed by atoms with van der Waals surface area (Å²) in [7, 11) is 1.63. The molecule has 6 heteroatoms. The Hall–Kier alpha value is -2.37. The second-order valence-corrected chi connectivity index (χ2v) is 7.38. The van der Waals surface area contributed by atoms with Crippen LogP contribution in [0.25, 0.3) is 0 Å². The predicted molar refractivity (Wildman–Crippen MR) is 116 cm³/mol. The van der Waals surface area contributed by atoms with Crippen molar-refractivity contribution in [1.82, 2.24) is 10.2 Å². The number of hydrogen-bond acceptors (Lipinski definition) is 3. The van der Waals surface area contributed by atoms with Crippen LogP contribution in [0.4, 0.5) is 0 Å². The molecule has 0 aromatic heterocycles. The van der Waals surface area contributed by atoms with Gasteiger partial charge in [0.05, 0.1) is 0 Å². The molecule has 1 atom stereocenters. The van der Waals surface area contributed by atoms with Crippen LogP contribution >= 0.6 is 11.6 Å². The first-order valence-electron chi connectivity index (χ1n) is 9.85. The maximum Gasteiger partial charge on any atom is 0.242 e. The molecule has 0 aliphatic rings. The van der Waals surface area contributed by atoms with Gasteiger partial charge in [0.25, 0.3) is 0 Å². The van der Waals surface area contributed by atoms with Gasteiger partial charge in [-0.15, -0.1) is 0 Å². The lowest BCUT2D eigenvalue weighted by molar-refractivity contribution is -0.140. The lowest BCUT2D eigenvalue weighted by Gasteiger charge is -2.29. The summed E-state index contributed by atoms with van der Waals surface area (Å²) in [6.07, 6.45) is 1.71. The van der Waals surface area contributed by atoms with Crippen LogP contribution in [-0.2, 0) is 27.3 Å². The molecule has 0 spiro atoms. The van der Waals surface area contributed by atoms with Gasteiger partial charge >= 0.3 is 0 Å². The van der Waals surface area contributed by atoms with Crippen molar-refractivity contribution < 1.29 is 14.3 Å². The molecule has 0 radical (unpaired) electrons. The number of amides is 2. The molecule has 0 unspecified atom stereocenters. The molecule has 156 valence electrons. The van der Waals surface area contributed by atoms with Gasteiger partial charge in [-0.3, -0.25) is 9.59 Å². The topological polar surface area (TPSA) is 58.6 Å². The molecule has 2 amide bonds. The zero-order chi connectivity index (χ0) is 21.1. The molecule has 5 nitrogen and oxygen atoms in total. The second-order valence-electron chi connectivity index (χ2n) is 6.95. The molecule has 2 aromatic carbocycles. The van der Waals surface area contributed by atoms with Gasteiger partial charge in [-0.05, 0) is 43.0 Å². The van der Waals surface area contributed by atoms with Crippen LogP contribution < -0.4 is 5.32 Å². The first-order valence-corrected chi connectivity index (χ1v) is 10.2. The van der Waals surface area contributed by atoms with Crippen molar-refractivity contribution in [2.75, 3.05) is 20.3 Å². The highest BCUT2D eigenvalue weighted by atomic mass is 35.5. The monoisotopic (exact) mass is 416 g/mol. The zero-order valence-electron chi connectivity index (χ0n) is 17.1. The van der Waals surface area contributed by atoms with Gasteiger partial charge in [0.1, 0.15) is 6.04 Å². The summed E-state index contributed by atoms with van der Waals surface area (Å²) in [6, 6.07) is 16.6. The molecule has 0 fully saturated rings. The Kier molecular flexibility index (Phi) is 9.68. The summed E-state index contributed by atoms with van der Waals surface area (Å²) < 4.78 is 5.01. The summed E-state index contributed by atoms with van der Waals surface area (Å²) in [5, 5.41) is 3.53. The summed E-state index contributed by atoms with van der Waals surface area (Å²) in [5.41, 5.74) is 2.03. The van der Waals surface area contributed by atoms with E-state index < -0.39 is 6.04 Å². The summed E-state index contributed by atoms with van der Waals surface area (Å²) >= 11 is 5.97. The quantitative estimate of drug-likeness (QED) is 0.566. The van der Waals surface area contributed by atoms with Crippen molar-refractivity contribution in [3.05, 3.63) is 70.7 Å². The van der Waals surface area contributed by atoms with E-state index in [0.29, 0.717) is 37.6 Å². The van der Waals surface area contributed by atoms with E-state index in [9.17, 15) is 9.59 Å². The fourth-order valence-electron chi connectivity index (χ4n) is 2.98. The Labute approximate surface area is 178 Å². The number of ether oxygens (including phenoxy) is 1. The van der Waals surface area contributed by atoms with Gasteiger partial charge in [0, 0.05) is 38.2 Å². The SMILES string of the molecule is COCCCNC(=O)[C@H](C)N(Cc1ccc(Cl)cc1)C(=O)CCc1ccccc1. The number of nitrogens with one attached hydrogen (secondary N) is 1. The van der Waals surface area contributed by atoms with E-state index in [1.807, 2.05) is 42.5 Å². The van der Waals surface area contributed by atoms with E-state index >= 15 is 0 Å². The van der Waals surface area contributed by atoms with Crippen LogP contribution in [-0.4, -0.2) is 43.0 Å². The number of hydrogen-bond donors (Lipinski definition) is 1. The number of carbonyl (C=O) groups is 2. The van der Waals surface area contributed by atoms with Gasteiger partial charge in [-0.25, -0.2) is 0 Å². The maximum atomic E-state index is 13.0. The molecule has 2 rings (SSSR count). The van der Waals surface area contributed by atoms with Gasteiger partial charge in [0.15, 0.2) is 0 Å². The van der Waals surface area contributed by atoms with Crippen LogP contribution in [0.1, 0.15) is 30.9 Å². The first-order chi connectivity index (χ1) is 14.0. The van der Waals surface area contributed by atoms with E-state index in [1.165, 1.54) is 0 Å². The largest absolute Gasteiger partial charge is 0.385 e. The third-order valence-corrected chi connectivity index (χ3v) is 4.98. The molecular formula is C23H29ClN2O3. The van der Waals surface area contributed by atoms with Crippen LogP contribution in [0.15, 0.2) is 54.6 Å². The van der Waals surface area contributed by atoms with Crippen LogP contribution in [0.2, 0.25) is 5.02 Å². The van der Waals surface area contributed by atoms with Crippen molar-refractivity contribution in [2.24, 2.45) is 0 Å². The summed E-state index contributed by atoms with van der Waals surface area (Å²) in [6.45, 7) is 3.22. The number of nitrogens with zero attached hydrogens (tertiary/aromatic N) is 1. The molecule has 1 N–H and O–H groups in total. The predicted octanol–water partition coefficient (Wildman–Crippen LogP) is 3.84. The van der Waals surface area contributed by atoms with Crippen molar-refractivity contribution in [3.8, 4) is 0 Å². The fraction of sp³-hybridized carbons (Fsp3) is 0.391. The first kappa shape index (κ1) is 22.9. The highest BCUT2D eigenvalue weighted by Gasteiger charge is 2.25. The fourth-order valence-corrected chi connectivity index (χ4v) is 3.11. The minimum absolute atomic E-state index is 0.0525. The van der Waals surface area contributed by atoms with Crippen molar-refractivity contribution in [3.63, 3.8) is 0 Å². The summed E-state index contributed by atoms with van der Waals surface area (Å²) in [5.74, 6) is -0.216. The van der Waals surface area contributed by atoms with Gasteiger partial charge < -0.3 is 15.0 Å². The summed E-state index contributed by atoms with van der Waals surface area (Å²) in [4.78, 5) is 27.3. The number of benzene rings is 2.